The maximum Gasteiger partial charge on any atom is -0.0389 e. The highest BCUT2D eigenvalue weighted by Gasteiger charge is 2.22. The molecule has 0 aliphatic rings. The number of rotatable bonds is 9. The van der Waals surface area contributed by atoms with Crippen LogP contribution in [0, 0.1) is 29.6 Å². The first-order valence-corrected chi connectivity index (χ1v) is 7.93. The van der Waals surface area contributed by atoms with E-state index < -0.39 is 0 Å². The van der Waals surface area contributed by atoms with E-state index in [2.05, 4.69) is 48.5 Å². The lowest BCUT2D eigenvalue weighted by Crippen LogP contribution is -2.22. The van der Waals surface area contributed by atoms with E-state index in [-0.39, 0.29) is 0 Å². The topological polar surface area (TPSA) is 0 Å². The monoisotopic (exact) mass is 240 g/mol. The van der Waals surface area contributed by atoms with E-state index in [0.29, 0.717) is 0 Å². The van der Waals surface area contributed by atoms with E-state index in [1.165, 1.54) is 32.1 Å². The van der Waals surface area contributed by atoms with Gasteiger partial charge >= 0.3 is 0 Å². The molecule has 0 N–H and O–H groups in total. The molecule has 0 aliphatic heterocycles. The molecule has 0 radical (unpaired) electrons. The highest BCUT2D eigenvalue weighted by Crippen LogP contribution is 2.31. The summed E-state index contributed by atoms with van der Waals surface area (Å²) in [4.78, 5) is 0. The fraction of sp³-hybridized carbons (Fsp3) is 1.00. The summed E-state index contributed by atoms with van der Waals surface area (Å²) in [5.41, 5.74) is 0. The van der Waals surface area contributed by atoms with Gasteiger partial charge in [0.25, 0.3) is 0 Å². The van der Waals surface area contributed by atoms with E-state index in [0.717, 1.165) is 29.6 Å². The van der Waals surface area contributed by atoms with Gasteiger partial charge in [-0.15, -0.1) is 0 Å². The Morgan fingerprint density at radius 1 is 0.647 bits per heavy atom. The molecule has 0 heteroatoms. The molecule has 0 fully saturated rings. The molecule has 0 aromatic heterocycles. The Labute approximate surface area is 111 Å². The van der Waals surface area contributed by atoms with Gasteiger partial charge in [0, 0.05) is 0 Å². The normalized spacial score (nSPS) is 20.6. The highest BCUT2D eigenvalue weighted by molar-refractivity contribution is 4.72. The first-order valence-electron chi connectivity index (χ1n) is 7.93. The van der Waals surface area contributed by atoms with Crippen LogP contribution >= 0.6 is 0 Å². The minimum atomic E-state index is 0.874. The molecule has 0 heterocycles. The maximum absolute atomic E-state index is 2.46. The second kappa shape index (κ2) is 9.00. The van der Waals surface area contributed by atoms with Gasteiger partial charge in [-0.2, -0.15) is 0 Å². The van der Waals surface area contributed by atoms with Crippen molar-refractivity contribution >= 4 is 0 Å². The van der Waals surface area contributed by atoms with Gasteiger partial charge in [0.15, 0.2) is 0 Å². The summed E-state index contributed by atoms with van der Waals surface area (Å²) in [5.74, 6) is 4.44. The lowest BCUT2D eigenvalue weighted by Gasteiger charge is -2.30. The standard InChI is InChI=1S/C17H36/c1-8-13(3)11-10-12-15(5)17(7)16(6)14(4)9-2/h13-17H,8-12H2,1-7H3. The molecule has 104 valence electrons. The Balaban J connectivity index is 3.92. The van der Waals surface area contributed by atoms with Gasteiger partial charge in [0.05, 0.1) is 0 Å². The van der Waals surface area contributed by atoms with Crippen molar-refractivity contribution in [3.63, 3.8) is 0 Å². The molecule has 0 amide bonds. The van der Waals surface area contributed by atoms with Crippen LogP contribution in [0.1, 0.15) is 80.6 Å². The highest BCUT2D eigenvalue weighted by atomic mass is 14.3. The quantitative estimate of drug-likeness (QED) is 0.453. The van der Waals surface area contributed by atoms with Gasteiger partial charge in [-0.1, -0.05) is 80.6 Å². The minimum Gasteiger partial charge on any atom is -0.0651 e. The summed E-state index contributed by atoms with van der Waals surface area (Å²) < 4.78 is 0. The van der Waals surface area contributed by atoms with Crippen LogP contribution in [0.2, 0.25) is 0 Å². The number of hydrogen-bond donors (Lipinski definition) is 0. The van der Waals surface area contributed by atoms with Crippen molar-refractivity contribution in [3.05, 3.63) is 0 Å². The number of hydrogen-bond acceptors (Lipinski definition) is 0. The van der Waals surface area contributed by atoms with Crippen molar-refractivity contribution < 1.29 is 0 Å². The van der Waals surface area contributed by atoms with Gasteiger partial charge < -0.3 is 0 Å². The van der Waals surface area contributed by atoms with Crippen LogP contribution in [0.3, 0.4) is 0 Å². The van der Waals surface area contributed by atoms with Crippen LogP contribution in [0.5, 0.6) is 0 Å². The smallest absolute Gasteiger partial charge is 0.0389 e. The largest absolute Gasteiger partial charge is 0.0651 e. The first-order chi connectivity index (χ1) is 7.93. The first kappa shape index (κ1) is 17.0. The zero-order valence-corrected chi connectivity index (χ0v) is 13.4. The van der Waals surface area contributed by atoms with Gasteiger partial charge in [-0.3, -0.25) is 0 Å². The summed E-state index contributed by atoms with van der Waals surface area (Å²) in [6.07, 6.45) is 6.93. The molecule has 0 saturated carbocycles. The van der Waals surface area contributed by atoms with Crippen molar-refractivity contribution in [1.29, 1.82) is 0 Å². The fourth-order valence-electron chi connectivity index (χ4n) is 2.66. The molecule has 0 aromatic carbocycles. The van der Waals surface area contributed by atoms with Gasteiger partial charge in [0.2, 0.25) is 0 Å². The summed E-state index contributed by atoms with van der Waals surface area (Å²) in [5, 5.41) is 0. The minimum absolute atomic E-state index is 0.874. The Kier molecular flexibility index (Phi) is 9.00. The average molecular weight is 240 g/mol. The zero-order valence-electron chi connectivity index (χ0n) is 13.4. The Bertz CT molecular complexity index is 173. The predicted octanol–water partition coefficient (Wildman–Crippen LogP) is 6.16. The summed E-state index contributed by atoms with van der Waals surface area (Å²) in [6.45, 7) is 16.8. The predicted molar refractivity (Wildman–Crippen MR) is 80.3 cm³/mol. The molecule has 0 rings (SSSR count). The maximum atomic E-state index is 2.46. The Morgan fingerprint density at radius 2 is 1.18 bits per heavy atom. The van der Waals surface area contributed by atoms with Crippen molar-refractivity contribution in [3.8, 4) is 0 Å². The molecule has 0 nitrogen and oxygen atoms in total. The molecule has 5 unspecified atom stereocenters. The third-order valence-corrected chi connectivity index (χ3v) is 5.32. The summed E-state index contributed by atoms with van der Waals surface area (Å²) in [6, 6.07) is 0. The molecular formula is C17H36. The van der Waals surface area contributed by atoms with E-state index in [4.69, 9.17) is 0 Å². The second-order valence-electron chi connectivity index (χ2n) is 6.53. The van der Waals surface area contributed by atoms with Crippen LogP contribution in [0.25, 0.3) is 0 Å². The van der Waals surface area contributed by atoms with E-state index in [9.17, 15) is 0 Å². The lowest BCUT2D eigenvalue weighted by molar-refractivity contribution is 0.196. The fourth-order valence-corrected chi connectivity index (χ4v) is 2.66. The lowest BCUT2D eigenvalue weighted by atomic mass is 9.76. The van der Waals surface area contributed by atoms with Crippen molar-refractivity contribution in [1.82, 2.24) is 0 Å². The van der Waals surface area contributed by atoms with Gasteiger partial charge in [-0.25, -0.2) is 0 Å². The Morgan fingerprint density at radius 3 is 1.65 bits per heavy atom. The third kappa shape index (κ3) is 6.48. The molecule has 0 spiro atoms. The molecule has 0 saturated heterocycles. The zero-order chi connectivity index (χ0) is 13.4. The van der Waals surface area contributed by atoms with Crippen molar-refractivity contribution in [2.75, 3.05) is 0 Å². The van der Waals surface area contributed by atoms with Crippen molar-refractivity contribution in [2.45, 2.75) is 80.6 Å². The third-order valence-electron chi connectivity index (χ3n) is 5.32. The van der Waals surface area contributed by atoms with Gasteiger partial charge in [-0.05, 0) is 29.6 Å². The molecule has 0 aliphatic carbocycles. The van der Waals surface area contributed by atoms with E-state index in [1.807, 2.05) is 0 Å². The van der Waals surface area contributed by atoms with Crippen LogP contribution in [0.15, 0.2) is 0 Å². The van der Waals surface area contributed by atoms with Crippen LogP contribution in [0.4, 0.5) is 0 Å². The van der Waals surface area contributed by atoms with E-state index in [1.54, 1.807) is 0 Å². The van der Waals surface area contributed by atoms with Crippen molar-refractivity contribution in [2.24, 2.45) is 29.6 Å². The molecule has 5 atom stereocenters. The summed E-state index contributed by atoms with van der Waals surface area (Å²) >= 11 is 0. The van der Waals surface area contributed by atoms with Crippen LogP contribution < -0.4 is 0 Å². The Hall–Kier alpha value is 0. The SMILES string of the molecule is CCC(C)CCCC(C)C(C)C(C)C(C)CC. The molecule has 0 bridgehead atoms. The molecule has 17 heavy (non-hydrogen) atoms. The van der Waals surface area contributed by atoms with Crippen LogP contribution in [-0.4, -0.2) is 0 Å². The molecular weight excluding hydrogens is 204 g/mol. The second-order valence-corrected chi connectivity index (χ2v) is 6.53. The van der Waals surface area contributed by atoms with Crippen LogP contribution in [-0.2, 0) is 0 Å². The molecule has 0 aromatic rings. The average Bonchev–Trinajstić information content (AvgIpc) is 2.35. The van der Waals surface area contributed by atoms with Gasteiger partial charge in [0.1, 0.15) is 0 Å². The van der Waals surface area contributed by atoms with E-state index >= 15 is 0 Å². The summed E-state index contributed by atoms with van der Waals surface area (Å²) in [7, 11) is 0.